The third-order valence-electron chi connectivity index (χ3n) is 5.50. The molecule has 156 valence electrons. The average Bonchev–Trinajstić information content (AvgIpc) is 3.28. The average molecular weight is 416 g/mol. The van der Waals surface area contributed by atoms with Crippen molar-refractivity contribution in [1.29, 1.82) is 0 Å². The van der Waals surface area contributed by atoms with Crippen LogP contribution in [0.1, 0.15) is 61.9 Å². The van der Waals surface area contributed by atoms with Gasteiger partial charge in [0.1, 0.15) is 11.9 Å². The lowest BCUT2D eigenvalue weighted by molar-refractivity contribution is -0.139. The Balaban J connectivity index is 1.68. The highest BCUT2D eigenvalue weighted by molar-refractivity contribution is 7.98. The molecule has 0 bridgehead atoms. The zero-order chi connectivity index (χ0) is 20.7. The van der Waals surface area contributed by atoms with Crippen LogP contribution >= 0.6 is 11.8 Å². The molecule has 8 heteroatoms. The minimum atomic E-state index is -0.776. The molecule has 1 aromatic carbocycles. The number of rotatable bonds is 8. The van der Waals surface area contributed by atoms with Crippen molar-refractivity contribution in [2.45, 2.75) is 62.4 Å². The summed E-state index contributed by atoms with van der Waals surface area (Å²) in [5, 5.41) is 10.5. The minimum absolute atomic E-state index is 0.0515. The van der Waals surface area contributed by atoms with E-state index in [1.807, 2.05) is 43.0 Å². The number of nitrogens with zero attached hydrogens (tertiary/aromatic N) is 3. The van der Waals surface area contributed by atoms with E-state index in [1.165, 1.54) is 6.33 Å². The van der Waals surface area contributed by atoms with Crippen molar-refractivity contribution in [1.82, 2.24) is 25.4 Å². The highest BCUT2D eigenvalue weighted by Gasteiger charge is 2.42. The van der Waals surface area contributed by atoms with Crippen molar-refractivity contribution in [3.05, 3.63) is 41.7 Å². The van der Waals surface area contributed by atoms with Gasteiger partial charge in [0.15, 0.2) is 5.16 Å². The number of likely N-dealkylation sites (N-methyl/N-ethyl adjacent to an activating group) is 1. The van der Waals surface area contributed by atoms with Gasteiger partial charge in [-0.2, -0.15) is 5.10 Å². The van der Waals surface area contributed by atoms with Gasteiger partial charge in [-0.25, -0.2) is 4.98 Å². The van der Waals surface area contributed by atoms with E-state index < -0.39 is 5.54 Å². The van der Waals surface area contributed by atoms with Crippen molar-refractivity contribution in [3.8, 4) is 0 Å². The minimum Gasteiger partial charge on any atom is -0.341 e. The zero-order valence-electron chi connectivity index (χ0n) is 17.1. The monoisotopic (exact) mass is 415 g/mol. The molecule has 0 atom stereocenters. The molecule has 2 aromatic rings. The lowest BCUT2D eigenvalue weighted by Gasteiger charge is -2.40. The maximum Gasteiger partial charge on any atom is 0.252 e. The number of hydrogen-bond donors (Lipinski definition) is 2. The Hall–Kier alpha value is -2.35. The SMILES string of the molecule is CCN(CC)C(=O)C1(NC(=O)c2ccc(CSc3ncn[nH]3)cc2)CCCCC1. The van der Waals surface area contributed by atoms with Gasteiger partial charge in [-0.3, -0.25) is 14.7 Å². The topological polar surface area (TPSA) is 91.0 Å². The van der Waals surface area contributed by atoms with Gasteiger partial charge in [-0.1, -0.05) is 43.2 Å². The summed E-state index contributed by atoms with van der Waals surface area (Å²) in [5.41, 5.74) is 0.896. The fourth-order valence-corrected chi connectivity index (χ4v) is 4.55. The predicted octanol–water partition coefficient (Wildman–Crippen LogP) is 3.40. The molecule has 1 aliphatic rings. The first kappa shape index (κ1) is 21.4. The molecule has 1 aliphatic carbocycles. The molecule has 0 unspecified atom stereocenters. The highest BCUT2D eigenvalue weighted by atomic mass is 32.2. The van der Waals surface area contributed by atoms with Crippen molar-refractivity contribution in [3.63, 3.8) is 0 Å². The Kier molecular flexibility index (Phi) is 7.30. The molecule has 0 aliphatic heterocycles. The molecule has 2 amide bonds. The molecule has 7 nitrogen and oxygen atoms in total. The molecular formula is C21H29N5O2S. The van der Waals surface area contributed by atoms with Crippen molar-refractivity contribution >= 4 is 23.6 Å². The molecule has 1 saturated carbocycles. The van der Waals surface area contributed by atoms with Crippen LogP contribution in [0.4, 0.5) is 0 Å². The molecular weight excluding hydrogens is 386 g/mol. The maximum atomic E-state index is 13.2. The normalized spacial score (nSPS) is 15.7. The van der Waals surface area contributed by atoms with Crippen molar-refractivity contribution in [2.24, 2.45) is 0 Å². The number of carbonyl (C=O) groups is 2. The molecule has 1 fully saturated rings. The largest absolute Gasteiger partial charge is 0.341 e. The summed E-state index contributed by atoms with van der Waals surface area (Å²) in [6.07, 6.45) is 5.94. The Morgan fingerprint density at radius 1 is 1.14 bits per heavy atom. The molecule has 3 rings (SSSR count). The van der Waals surface area contributed by atoms with Crippen LogP contribution in [0.25, 0.3) is 0 Å². The van der Waals surface area contributed by atoms with Crippen LogP contribution < -0.4 is 5.32 Å². The van der Waals surface area contributed by atoms with Crippen LogP contribution in [0.2, 0.25) is 0 Å². The lowest BCUT2D eigenvalue weighted by Crippen LogP contribution is -2.60. The van der Waals surface area contributed by atoms with Gasteiger partial charge < -0.3 is 10.2 Å². The van der Waals surface area contributed by atoms with Crippen LogP contribution in [-0.2, 0) is 10.5 Å². The Morgan fingerprint density at radius 2 is 1.83 bits per heavy atom. The fraction of sp³-hybridized carbons (Fsp3) is 0.524. The number of thioether (sulfide) groups is 1. The standard InChI is InChI=1S/C21H29N5O2S/c1-3-26(4-2)19(28)21(12-6-5-7-13-21)24-18(27)17-10-8-16(9-11-17)14-29-20-22-15-23-25-20/h8-11,15H,3-7,12-14H2,1-2H3,(H,24,27)(H,22,23,25). The van der Waals surface area contributed by atoms with Crippen LogP contribution in [0.5, 0.6) is 0 Å². The van der Waals surface area contributed by atoms with E-state index in [4.69, 9.17) is 0 Å². The second kappa shape index (κ2) is 9.91. The van der Waals surface area contributed by atoms with Gasteiger partial charge in [-0.05, 0) is 44.4 Å². The number of benzene rings is 1. The number of aromatic amines is 1. The molecule has 0 radical (unpaired) electrons. The van der Waals surface area contributed by atoms with Crippen LogP contribution in [0.15, 0.2) is 35.7 Å². The second-order valence-corrected chi connectivity index (χ2v) is 8.31. The smallest absolute Gasteiger partial charge is 0.252 e. The fourth-order valence-electron chi connectivity index (χ4n) is 3.82. The predicted molar refractivity (Wildman–Crippen MR) is 114 cm³/mol. The van der Waals surface area contributed by atoms with Crippen LogP contribution in [0, 0.1) is 0 Å². The number of nitrogens with one attached hydrogen (secondary N) is 2. The summed E-state index contributed by atoms with van der Waals surface area (Å²) in [5.74, 6) is 0.610. The molecule has 0 saturated heterocycles. The molecule has 0 spiro atoms. The van der Waals surface area contributed by atoms with E-state index in [2.05, 4.69) is 20.5 Å². The summed E-state index contributed by atoms with van der Waals surface area (Å²) in [7, 11) is 0. The van der Waals surface area contributed by atoms with Gasteiger partial charge in [0.2, 0.25) is 5.91 Å². The number of amides is 2. The van der Waals surface area contributed by atoms with Gasteiger partial charge in [-0.15, -0.1) is 0 Å². The number of hydrogen-bond acceptors (Lipinski definition) is 5. The van der Waals surface area contributed by atoms with Crippen molar-refractivity contribution in [2.75, 3.05) is 13.1 Å². The number of H-pyrrole nitrogens is 1. The van der Waals surface area contributed by atoms with E-state index in [0.717, 1.165) is 35.7 Å². The van der Waals surface area contributed by atoms with Gasteiger partial charge >= 0.3 is 0 Å². The summed E-state index contributed by atoms with van der Waals surface area (Å²) in [4.78, 5) is 32.1. The van der Waals surface area contributed by atoms with E-state index in [0.29, 0.717) is 31.5 Å². The third kappa shape index (κ3) is 5.18. The summed E-state index contributed by atoms with van der Waals surface area (Å²) < 4.78 is 0. The Bertz CT molecular complexity index is 797. The third-order valence-corrected chi connectivity index (χ3v) is 6.45. The van der Waals surface area contributed by atoms with Crippen LogP contribution in [0.3, 0.4) is 0 Å². The van der Waals surface area contributed by atoms with Crippen LogP contribution in [-0.4, -0.2) is 50.5 Å². The Labute approximate surface area is 176 Å². The van der Waals surface area contributed by atoms with E-state index in [9.17, 15) is 9.59 Å². The van der Waals surface area contributed by atoms with Gasteiger partial charge in [0.05, 0.1) is 0 Å². The second-order valence-electron chi connectivity index (χ2n) is 7.35. The molecule has 29 heavy (non-hydrogen) atoms. The summed E-state index contributed by atoms with van der Waals surface area (Å²) >= 11 is 1.55. The van der Waals surface area contributed by atoms with E-state index in [-0.39, 0.29) is 11.8 Å². The molecule has 1 heterocycles. The first-order valence-electron chi connectivity index (χ1n) is 10.3. The molecule has 2 N–H and O–H groups in total. The Morgan fingerprint density at radius 3 is 2.41 bits per heavy atom. The van der Waals surface area contributed by atoms with E-state index in [1.54, 1.807) is 11.8 Å². The molecule has 1 aromatic heterocycles. The zero-order valence-corrected chi connectivity index (χ0v) is 17.9. The first-order chi connectivity index (χ1) is 14.1. The van der Waals surface area contributed by atoms with Gasteiger partial charge in [0, 0.05) is 24.4 Å². The van der Waals surface area contributed by atoms with E-state index >= 15 is 0 Å². The summed E-state index contributed by atoms with van der Waals surface area (Å²) in [6.45, 7) is 5.28. The maximum absolute atomic E-state index is 13.2. The van der Waals surface area contributed by atoms with Gasteiger partial charge in [0.25, 0.3) is 5.91 Å². The van der Waals surface area contributed by atoms with Crippen molar-refractivity contribution < 1.29 is 9.59 Å². The summed E-state index contributed by atoms with van der Waals surface area (Å²) in [6, 6.07) is 7.53. The number of aromatic nitrogens is 3. The highest BCUT2D eigenvalue weighted by Crippen LogP contribution is 2.30. The first-order valence-corrected chi connectivity index (χ1v) is 11.3. The number of carbonyl (C=O) groups excluding carboxylic acids is 2. The quantitative estimate of drug-likeness (QED) is 0.645. The lowest BCUT2D eigenvalue weighted by atomic mass is 9.80.